The maximum Gasteiger partial charge on any atom is 0.241 e. The number of amides is 1. The molecule has 0 aliphatic heterocycles. The molecule has 0 fully saturated rings. The van der Waals surface area contributed by atoms with Gasteiger partial charge in [0.05, 0.1) is 6.54 Å². The van der Waals surface area contributed by atoms with E-state index in [0.29, 0.717) is 11.5 Å². The average molecular weight is 251 g/mol. The van der Waals surface area contributed by atoms with Crippen molar-refractivity contribution >= 4 is 28.8 Å². The minimum absolute atomic E-state index is 0.0493. The van der Waals surface area contributed by atoms with Gasteiger partial charge in [-0.3, -0.25) is 4.79 Å². The second-order valence-electron chi connectivity index (χ2n) is 4.06. The molecular formula is C12H17N3OS. The molecule has 0 aliphatic carbocycles. The van der Waals surface area contributed by atoms with Gasteiger partial charge < -0.3 is 15.5 Å². The number of likely N-dealkylation sites (N-methyl/N-ethyl adjacent to an activating group) is 2. The molecule has 0 radical (unpaired) electrons. The lowest BCUT2D eigenvalue weighted by Crippen LogP contribution is -2.34. The van der Waals surface area contributed by atoms with E-state index in [1.807, 2.05) is 36.2 Å². The number of benzene rings is 1. The van der Waals surface area contributed by atoms with E-state index in [1.165, 1.54) is 0 Å². The molecule has 17 heavy (non-hydrogen) atoms. The van der Waals surface area contributed by atoms with Gasteiger partial charge in [-0.15, -0.1) is 0 Å². The van der Waals surface area contributed by atoms with Crippen LogP contribution in [0.5, 0.6) is 0 Å². The van der Waals surface area contributed by atoms with Crippen LogP contribution in [0.4, 0.5) is 5.69 Å². The van der Waals surface area contributed by atoms with E-state index in [0.717, 1.165) is 11.3 Å². The van der Waals surface area contributed by atoms with Crippen molar-refractivity contribution in [2.24, 2.45) is 5.73 Å². The quantitative estimate of drug-likeness (QED) is 0.806. The molecule has 0 unspecified atom stereocenters. The van der Waals surface area contributed by atoms with Gasteiger partial charge in [0.1, 0.15) is 4.99 Å². The molecule has 0 aliphatic rings. The number of carbonyl (C=O) groups is 1. The van der Waals surface area contributed by atoms with Crippen molar-refractivity contribution in [2.75, 3.05) is 32.6 Å². The predicted molar refractivity (Wildman–Crippen MR) is 74.3 cm³/mol. The molecule has 1 aromatic rings. The van der Waals surface area contributed by atoms with E-state index in [9.17, 15) is 4.79 Å². The minimum Gasteiger partial charge on any atom is -0.389 e. The van der Waals surface area contributed by atoms with Gasteiger partial charge in [0.25, 0.3) is 0 Å². The van der Waals surface area contributed by atoms with Gasteiger partial charge in [-0.25, -0.2) is 0 Å². The molecule has 0 bridgehead atoms. The molecular weight excluding hydrogens is 234 g/mol. The fourth-order valence-electron chi connectivity index (χ4n) is 1.33. The smallest absolute Gasteiger partial charge is 0.241 e. The molecule has 92 valence electrons. The van der Waals surface area contributed by atoms with Crippen molar-refractivity contribution in [3.8, 4) is 0 Å². The van der Waals surface area contributed by atoms with Crippen LogP contribution in [0, 0.1) is 0 Å². The Hall–Kier alpha value is -1.62. The third-order valence-corrected chi connectivity index (χ3v) is 2.68. The molecule has 1 aromatic carbocycles. The standard InChI is InChI=1S/C12H17N3OS/c1-14(2)11(16)8-15(3)10-6-4-5-9(7-10)12(13)17/h4-7H,8H2,1-3H3,(H2,13,17). The lowest BCUT2D eigenvalue weighted by molar-refractivity contribution is -0.127. The minimum atomic E-state index is 0.0493. The SMILES string of the molecule is CN(C)C(=O)CN(C)c1cccc(C(N)=S)c1. The van der Waals surface area contributed by atoms with E-state index in [1.54, 1.807) is 19.0 Å². The highest BCUT2D eigenvalue weighted by atomic mass is 32.1. The summed E-state index contributed by atoms with van der Waals surface area (Å²) in [6, 6.07) is 7.53. The zero-order valence-corrected chi connectivity index (χ0v) is 11.1. The first-order valence-corrected chi connectivity index (χ1v) is 5.64. The van der Waals surface area contributed by atoms with Gasteiger partial charge in [0.15, 0.2) is 0 Å². The monoisotopic (exact) mass is 251 g/mol. The number of nitrogens with two attached hydrogens (primary N) is 1. The van der Waals surface area contributed by atoms with E-state index in [2.05, 4.69) is 0 Å². The van der Waals surface area contributed by atoms with Gasteiger partial charge in [0, 0.05) is 32.4 Å². The molecule has 0 heterocycles. The highest BCUT2D eigenvalue weighted by Gasteiger charge is 2.09. The second kappa shape index (κ2) is 5.63. The number of anilines is 1. The number of rotatable bonds is 4. The molecule has 1 rings (SSSR count). The van der Waals surface area contributed by atoms with Crippen LogP contribution in [0.15, 0.2) is 24.3 Å². The molecule has 0 saturated heterocycles. The maximum absolute atomic E-state index is 11.6. The topological polar surface area (TPSA) is 49.6 Å². The van der Waals surface area contributed by atoms with Crippen molar-refractivity contribution < 1.29 is 4.79 Å². The van der Waals surface area contributed by atoms with Gasteiger partial charge in [-0.05, 0) is 12.1 Å². The summed E-state index contributed by atoms with van der Waals surface area (Å²) in [4.78, 5) is 15.4. The largest absolute Gasteiger partial charge is 0.389 e. The summed E-state index contributed by atoms with van der Waals surface area (Å²) >= 11 is 4.92. The Bertz CT molecular complexity index is 432. The van der Waals surface area contributed by atoms with Gasteiger partial charge in [-0.2, -0.15) is 0 Å². The lowest BCUT2D eigenvalue weighted by Gasteiger charge is -2.21. The first-order chi connectivity index (χ1) is 7.91. The molecule has 5 heteroatoms. The lowest BCUT2D eigenvalue weighted by atomic mass is 10.2. The van der Waals surface area contributed by atoms with E-state index in [4.69, 9.17) is 18.0 Å². The Morgan fingerprint density at radius 3 is 2.53 bits per heavy atom. The Morgan fingerprint density at radius 1 is 1.35 bits per heavy atom. The first-order valence-electron chi connectivity index (χ1n) is 5.23. The van der Waals surface area contributed by atoms with Gasteiger partial charge in [-0.1, -0.05) is 24.4 Å². The zero-order valence-electron chi connectivity index (χ0n) is 10.3. The fourth-order valence-corrected chi connectivity index (χ4v) is 1.46. The molecule has 0 atom stereocenters. The van der Waals surface area contributed by atoms with Crippen molar-refractivity contribution in [1.29, 1.82) is 0 Å². The van der Waals surface area contributed by atoms with Crippen LogP contribution < -0.4 is 10.6 Å². The highest BCUT2D eigenvalue weighted by molar-refractivity contribution is 7.80. The Morgan fingerprint density at radius 2 is 2.00 bits per heavy atom. The molecule has 0 spiro atoms. The summed E-state index contributed by atoms with van der Waals surface area (Å²) < 4.78 is 0. The van der Waals surface area contributed by atoms with Crippen LogP contribution in [0.25, 0.3) is 0 Å². The number of thiocarbonyl (C=S) groups is 1. The van der Waals surface area contributed by atoms with Gasteiger partial charge >= 0.3 is 0 Å². The number of hydrogen-bond donors (Lipinski definition) is 1. The molecule has 2 N–H and O–H groups in total. The molecule has 0 saturated carbocycles. The number of hydrogen-bond acceptors (Lipinski definition) is 3. The van der Waals surface area contributed by atoms with Crippen molar-refractivity contribution in [1.82, 2.24) is 4.90 Å². The van der Waals surface area contributed by atoms with Crippen LogP contribution in [-0.4, -0.2) is 43.5 Å². The van der Waals surface area contributed by atoms with Crippen LogP contribution in [-0.2, 0) is 4.79 Å². The third-order valence-electron chi connectivity index (χ3n) is 2.44. The Labute approximate surface area is 107 Å². The highest BCUT2D eigenvalue weighted by Crippen LogP contribution is 2.14. The van der Waals surface area contributed by atoms with Crippen molar-refractivity contribution in [2.45, 2.75) is 0 Å². The average Bonchev–Trinajstić information content (AvgIpc) is 2.28. The summed E-state index contributed by atoms with van der Waals surface area (Å²) in [5, 5.41) is 0. The molecule has 1 amide bonds. The maximum atomic E-state index is 11.6. The second-order valence-corrected chi connectivity index (χ2v) is 4.50. The van der Waals surface area contributed by atoms with E-state index >= 15 is 0 Å². The predicted octanol–water partition coefficient (Wildman–Crippen LogP) is 0.845. The molecule has 4 nitrogen and oxygen atoms in total. The normalized spacial score (nSPS) is 9.82. The third kappa shape index (κ3) is 3.71. The zero-order chi connectivity index (χ0) is 13.0. The number of nitrogens with zero attached hydrogens (tertiary/aromatic N) is 2. The van der Waals surface area contributed by atoms with Crippen LogP contribution in [0.3, 0.4) is 0 Å². The Balaban J connectivity index is 2.82. The summed E-state index contributed by atoms with van der Waals surface area (Å²) in [6.07, 6.45) is 0. The summed E-state index contributed by atoms with van der Waals surface area (Å²) in [7, 11) is 5.34. The van der Waals surface area contributed by atoms with Crippen LogP contribution in [0.1, 0.15) is 5.56 Å². The van der Waals surface area contributed by atoms with E-state index < -0.39 is 0 Å². The van der Waals surface area contributed by atoms with E-state index in [-0.39, 0.29) is 5.91 Å². The van der Waals surface area contributed by atoms with Crippen molar-refractivity contribution in [3.05, 3.63) is 29.8 Å². The summed E-state index contributed by atoms with van der Waals surface area (Å²) in [5.74, 6) is 0.0493. The number of carbonyl (C=O) groups excluding carboxylic acids is 1. The fraction of sp³-hybridized carbons (Fsp3) is 0.333. The molecule has 0 aromatic heterocycles. The van der Waals surface area contributed by atoms with Crippen LogP contribution >= 0.6 is 12.2 Å². The van der Waals surface area contributed by atoms with Gasteiger partial charge in [0.2, 0.25) is 5.91 Å². The van der Waals surface area contributed by atoms with Crippen LogP contribution in [0.2, 0.25) is 0 Å². The van der Waals surface area contributed by atoms with Crippen molar-refractivity contribution in [3.63, 3.8) is 0 Å². The first kappa shape index (κ1) is 13.4. The Kier molecular flexibility index (Phi) is 4.45. The summed E-state index contributed by atoms with van der Waals surface area (Å²) in [5.41, 5.74) is 7.30. The summed E-state index contributed by atoms with van der Waals surface area (Å²) in [6.45, 7) is 0.327.